The van der Waals surface area contributed by atoms with Gasteiger partial charge >= 0.3 is 0 Å². The average molecular weight is 462 g/mol. The van der Waals surface area contributed by atoms with E-state index in [1.165, 1.54) is 6.07 Å². The topological polar surface area (TPSA) is 80.3 Å². The third-order valence-corrected chi connectivity index (χ3v) is 8.69. The van der Waals surface area contributed by atoms with Gasteiger partial charge < -0.3 is 0 Å². The van der Waals surface area contributed by atoms with Crippen molar-refractivity contribution >= 4 is 31.2 Å². The van der Waals surface area contributed by atoms with Crippen LogP contribution >= 0.6 is 11.3 Å². The highest BCUT2D eigenvalue weighted by Gasteiger charge is 2.32. The highest BCUT2D eigenvalue weighted by Crippen LogP contribution is 2.32. The van der Waals surface area contributed by atoms with E-state index < -0.39 is 54.0 Å². The minimum absolute atomic E-state index is 0.201. The molecule has 1 aromatic heterocycles. The van der Waals surface area contributed by atoms with Crippen LogP contribution in [0.15, 0.2) is 69.8 Å². The Morgan fingerprint density at radius 2 is 1.55 bits per heavy atom. The Kier molecular flexibility index (Phi) is 6.13. The fourth-order valence-corrected chi connectivity index (χ4v) is 6.60. The van der Waals surface area contributed by atoms with Crippen LogP contribution in [0.5, 0.6) is 0 Å². The molecule has 0 aliphatic rings. The Hall–Kier alpha value is -2.21. The zero-order chi connectivity index (χ0) is 21.2. The highest BCUT2D eigenvalue weighted by atomic mass is 32.2. The first-order valence-electron chi connectivity index (χ1n) is 8.09. The van der Waals surface area contributed by atoms with Gasteiger partial charge in [0.2, 0.25) is 10.0 Å². The molecule has 154 valence electrons. The zero-order valence-electron chi connectivity index (χ0n) is 14.5. The van der Waals surface area contributed by atoms with Crippen LogP contribution in [0.2, 0.25) is 0 Å². The number of rotatable bonds is 7. The van der Waals surface area contributed by atoms with Crippen molar-refractivity contribution in [2.75, 3.05) is 6.54 Å². The van der Waals surface area contributed by atoms with Crippen molar-refractivity contribution in [3.8, 4) is 0 Å². The number of nitrogens with one attached hydrogen (secondary N) is 1. The lowest BCUT2D eigenvalue weighted by Gasteiger charge is -2.18. The summed E-state index contributed by atoms with van der Waals surface area (Å²) in [5, 5.41) is 0.267. The van der Waals surface area contributed by atoms with Gasteiger partial charge in [-0.25, -0.2) is 34.7 Å². The fraction of sp³-hybridized carbons (Fsp3) is 0.111. The predicted molar refractivity (Wildman–Crippen MR) is 102 cm³/mol. The van der Waals surface area contributed by atoms with Gasteiger partial charge in [-0.05, 0) is 53.9 Å². The maximum atomic E-state index is 13.9. The minimum atomic E-state index is -4.53. The van der Waals surface area contributed by atoms with Gasteiger partial charge in [-0.15, -0.1) is 11.3 Å². The quantitative estimate of drug-likeness (QED) is 0.545. The van der Waals surface area contributed by atoms with Crippen molar-refractivity contribution in [1.82, 2.24) is 4.72 Å². The number of benzene rings is 2. The summed E-state index contributed by atoms with van der Waals surface area (Å²) in [7, 11) is -8.65. The molecule has 5 nitrogen and oxygen atoms in total. The molecule has 29 heavy (non-hydrogen) atoms. The van der Waals surface area contributed by atoms with E-state index in [2.05, 4.69) is 0 Å². The molecule has 0 aliphatic carbocycles. The smallest absolute Gasteiger partial charge is 0.223 e. The van der Waals surface area contributed by atoms with Crippen LogP contribution in [-0.2, 0) is 19.9 Å². The van der Waals surface area contributed by atoms with Crippen LogP contribution in [-0.4, -0.2) is 23.4 Å². The van der Waals surface area contributed by atoms with Crippen LogP contribution in [0.4, 0.5) is 13.2 Å². The van der Waals surface area contributed by atoms with Crippen molar-refractivity contribution in [3.63, 3.8) is 0 Å². The molecule has 0 saturated carbocycles. The molecule has 3 aromatic rings. The molecule has 11 heteroatoms. The number of sulfonamides is 1. The van der Waals surface area contributed by atoms with Gasteiger partial charge in [0, 0.05) is 11.4 Å². The number of sulfone groups is 1. The van der Waals surface area contributed by atoms with Gasteiger partial charge in [0.25, 0.3) is 0 Å². The molecular weight excluding hydrogens is 447 g/mol. The van der Waals surface area contributed by atoms with Crippen molar-refractivity contribution in [2.24, 2.45) is 0 Å². The molecule has 0 amide bonds. The number of hydrogen-bond acceptors (Lipinski definition) is 5. The van der Waals surface area contributed by atoms with E-state index in [4.69, 9.17) is 0 Å². The molecule has 1 N–H and O–H groups in total. The molecule has 3 rings (SSSR count). The number of hydrogen-bond donors (Lipinski definition) is 1. The zero-order valence-corrected chi connectivity index (χ0v) is 17.0. The lowest BCUT2D eigenvalue weighted by atomic mass is 10.3. The maximum Gasteiger partial charge on any atom is 0.243 e. The lowest BCUT2D eigenvalue weighted by molar-refractivity contribution is 0.544. The average Bonchev–Trinajstić information content (AvgIpc) is 3.18. The van der Waals surface area contributed by atoms with Crippen LogP contribution in [0.1, 0.15) is 10.1 Å². The second kappa shape index (κ2) is 8.27. The third-order valence-electron chi connectivity index (χ3n) is 4.02. The first-order valence-corrected chi connectivity index (χ1v) is 12.0. The normalized spacial score (nSPS) is 13.3. The second-order valence-electron chi connectivity index (χ2n) is 5.93. The highest BCUT2D eigenvalue weighted by molar-refractivity contribution is 7.92. The van der Waals surface area contributed by atoms with Gasteiger partial charge in [-0.3, -0.25) is 0 Å². The molecular formula is C18H14F3NO4S3. The summed E-state index contributed by atoms with van der Waals surface area (Å²) in [6.45, 7) is -0.626. The Balaban J connectivity index is 1.95. The van der Waals surface area contributed by atoms with Crippen molar-refractivity contribution in [2.45, 2.75) is 15.0 Å². The third kappa shape index (κ3) is 4.69. The Morgan fingerprint density at radius 1 is 0.897 bits per heavy atom. The Morgan fingerprint density at radius 3 is 2.17 bits per heavy atom. The van der Waals surface area contributed by atoms with E-state index in [1.807, 2.05) is 4.72 Å². The summed E-state index contributed by atoms with van der Waals surface area (Å²) in [5.74, 6) is -2.76. The van der Waals surface area contributed by atoms with Crippen molar-refractivity contribution in [1.29, 1.82) is 0 Å². The molecule has 0 saturated heterocycles. The number of halogens is 3. The van der Waals surface area contributed by atoms with Crippen LogP contribution in [0.25, 0.3) is 0 Å². The van der Waals surface area contributed by atoms with E-state index >= 15 is 0 Å². The molecule has 0 radical (unpaired) electrons. The summed E-state index contributed by atoms with van der Waals surface area (Å²) in [5.41, 5.74) is 0. The molecule has 1 atom stereocenters. The van der Waals surface area contributed by atoms with Gasteiger partial charge in [-0.1, -0.05) is 6.07 Å². The Bertz CT molecular complexity index is 1210. The number of thiophene rings is 1. The predicted octanol–water partition coefficient (Wildman–Crippen LogP) is 3.66. The second-order valence-corrected chi connectivity index (χ2v) is 10.8. The van der Waals surface area contributed by atoms with Crippen LogP contribution in [0, 0.1) is 17.5 Å². The standard InChI is InChI=1S/C18H14F3NO4S3/c19-12-3-6-14(7-4-12)28(23,24)18(16-2-1-9-27-16)11-22-29(25,26)17-10-13(20)5-8-15(17)21/h1-10,18,22H,11H2. The van der Waals surface area contributed by atoms with E-state index in [1.54, 1.807) is 11.4 Å². The Labute approximate surface area is 169 Å². The first-order chi connectivity index (χ1) is 13.6. The molecule has 0 fully saturated rings. The molecule has 1 unspecified atom stereocenters. The van der Waals surface area contributed by atoms with E-state index in [-0.39, 0.29) is 4.90 Å². The lowest BCUT2D eigenvalue weighted by Crippen LogP contribution is -2.32. The van der Waals surface area contributed by atoms with Gasteiger partial charge in [-0.2, -0.15) is 0 Å². The van der Waals surface area contributed by atoms with Gasteiger partial charge in [0.1, 0.15) is 27.6 Å². The molecule has 0 bridgehead atoms. The van der Waals surface area contributed by atoms with E-state index in [9.17, 15) is 30.0 Å². The monoisotopic (exact) mass is 461 g/mol. The minimum Gasteiger partial charge on any atom is -0.223 e. The van der Waals surface area contributed by atoms with Crippen molar-refractivity contribution in [3.05, 3.63) is 82.3 Å². The SMILES string of the molecule is O=S(=O)(NCC(c1cccs1)S(=O)(=O)c1ccc(F)cc1)c1cc(F)ccc1F. The van der Waals surface area contributed by atoms with Crippen LogP contribution < -0.4 is 4.72 Å². The fourth-order valence-electron chi connectivity index (χ4n) is 2.57. The molecule has 2 aromatic carbocycles. The molecule has 1 heterocycles. The van der Waals surface area contributed by atoms with E-state index in [0.29, 0.717) is 17.0 Å². The summed E-state index contributed by atoms with van der Waals surface area (Å²) in [6.07, 6.45) is 0. The largest absolute Gasteiger partial charge is 0.243 e. The maximum absolute atomic E-state index is 13.9. The summed E-state index contributed by atoms with van der Waals surface area (Å²) in [4.78, 5) is -0.799. The first kappa shape index (κ1) is 21.5. The van der Waals surface area contributed by atoms with Crippen molar-refractivity contribution < 1.29 is 30.0 Å². The van der Waals surface area contributed by atoms with Crippen LogP contribution in [0.3, 0.4) is 0 Å². The molecule has 0 spiro atoms. The van der Waals surface area contributed by atoms with Gasteiger partial charge in [0.15, 0.2) is 9.84 Å². The summed E-state index contributed by atoms with van der Waals surface area (Å²) < 4.78 is 93.3. The van der Waals surface area contributed by atoms with E-state index in [0.717, 1.165) is 41.7 Å². The molecule has 0 aliphatic heterocycles. The summed E-state index contributed by atoms with van der Waals surface area (Å²) >= 11 is 1.09. The summed E-state index contributed by atoms with van der Waals surface area (Å²) in [6, 6.07) is 9.14. The van der Waals surface area contributed by atoms with Gasteiger partial charge in [0.05, 0.1) is 4.90 Å².